The van der Waals surface area contributed by atoms with E-state index in [-0.39, 0.29) is 5.95 Å². The molecule has 2 aromatic heterocycles. The zero-order valence-electron chi connectivity index (χ0n) is 7.44. The van der Waals surface area contributed by atoms with Crippen LogP contribution in [0.2, 0.25) is 0 Å². The number of fused-ring (bicyclic) bond motifs is 1. The molecule has 13 heavy (non-hydrogen) atoms. The highest BCUT2D eigenvalue weighted by Crippen LogP contribution is 2.20. The van der Waals surface area contributed by atoms with Gasteiger partial charge >= 0.3 is 0 Å². The largest absolute Gasteiger partial charge is 0.383 e. The second kappa shape index (κ2) is 2.32. The number of aromatic nitrogens is 4. The molecule has 0 aromatic carbocycles. The second-order valence-electron chi connectivity index (χ2n) is 2.87. The molecule has 0 bridgehead atoms. The van der Waals surface area contributed by atoms with Gasteiger partial charge in [-0.25, -0.2) is 4.68 Å². The highest BCUT2D eigenvalue weighted by Gasteiger charge is 2.11. The van der Waals surface area contributed by atoms with Crippen LogP contribution in [0.3, 0.4) is 0 Å². The highest BCUT2D eigenvalue weighted by molar-refractivity contribution is 5.88. The standard InChI is InChI=1S/C7H10N6/c1-3-4-5(8)10-7(9)11-6(4)13(2)12-3/h1-2H3,(H4,8,9,10,11). The van der Waals surface area contributed by atoms with Gasteiger partial charge in [0.2, 0.25) is 5.95 Å². The number of nitrogen functional groups attached to an aromatic ring is 2. The summed E-state index contributed by atoms with van der Waals surface area (Å²) in [5.41, 5.74) is 12.6. The Morgan fingerprint density at radius 2 is 1.92 bits per heavy atom. The Hall–Kier alpha value is -1.85. The molecule has 0 unspecified atom stereocenters. The molecule has 0 saturated heterocycles. The fourth-order valence-electron chi connectivity index (χ4n) is 1.39. The molecule has 0 amide bonds. The average Bonchev–Trinajstić information content (AvgIpc) is 2.27. The van der Waals surface area contributed by atoms with Crippen molar-refractivity contribution in [2.45, 2.75) is 6.92 Å². The topological polar surface area (TPSA) is 95.6 Å². The monoisotopic (exact) mass is 178 g/mol. The molecule has 0 aliphatic heterocycles. The van der Waals surface area contributed by atoms with Crippen LogP contribution in [0.15, 0.2) is 0 Å². The summed E-state index contributed by atoms with van der Waals surface area (Å²) in [4.78, 5) is 7.91. The summed E-state index contributed by atoms with van der Waals surface area (Å²) in [6.07, 6.45) is 0. The molecule has 6 nitrogen and oxygen atoms in total. The molecule has 0 aliphatic carbocycles. The van der Waals surface area contributed by atoms with Crippen LogP contribution >= 0.6 is 0 Å². The lowest BCUT2D eigenvalue weighted by atomic mass is 10.3. The fraction of sp³-hybridized carbons (Fsp3) is 0.286. The molecule has 2 rings (SSSR count). The number of anilines is 2. The molecule has 0 saturated carbocycles. The first kappa shape index (κ1) is 7.78. The van der Waals surface area contributed by atoms with Gasteiger partial charge in [0, 0.05) is 7.05 Å². The minimum Gasteiger partial charge on any atom is -0.383 e. The highest BCUT2D eigenvalue weighted by atomic mass is 15.3. The summed E-state index contributed by atoms with van der Waals surface area (Å²) < 4.78 is 1.64. The third-order valence-electron chi connectivity index (χ3n) is 1.90. The maximum atomic E-state index is 5.69. The van der Waals surface area contributed by atoms with Crippen molar-refractivity contribution in [1.82, 2.24) is 19.7 Å². The van der Waals surface area contributed by atoms with Crippen LogP contribution in [0.1, 0.15) is 5.69 Å². The van der Waals surface area contributed by atoms with Crippen molar-refractivity contribution in [3.63, 3.8) is 0 Å². The first-order valence-electron chi connectivity index (χ1n) is 3.82. The van der Waals surface area contributed by atoms with Crippen molar-refractivity contribution in [2.75, 3.05) is 11.5 Å². The quantitative estimate of drug-likeness (QED) is 0.584. The van der Waals surface area contributed by atoms with Crippen molar-refractivity contribution in [2.24, 2.45) is 7.05 Å². The van der Waals surface area contributed by atoms with Crippen LogP contribution in [0.5, 0.6) is 0 Å². The second-order valence-corrected chi connectivity index (χ2v) is 2.87. The van der Waals surface area contributed by atoms with E-state index >= 15 is 0 Å². The van der Waals surface area contributed by atoms with E-state index in [0.717, 1.165) is 11.1 Å². The van der Waals surface area contributed by atoms with Crippen molar-refractivity contribution in [3.8, 4) is 0 Å². The van der Waals surface area contributed by atoms with Gasteiger partial charge in [0.15, 0.2) is 5.65 Å². The molecule has 0 radical (unpaired) electrons. The van der Waals surface area contributed by atoms with E-state index in [2.05, 4.69) is 15.1 Å². The number of nitrogens with two attached hydrogens (primary N) is 2. The third-order valence-corrected chi connectivity index (χ3v) is 1.90. The van der Waals surface area contributed by atoms with Gasteiger partial charge in [-0.1, -0.05) is 0 Å². The number of hydrogen-bond acceptors (Lipinski definition) is 5. The normalized spacial score (nSPS) is 10.9. The predicted octanol–water partition coefficient (Wildman–Crippen LogP) is -0.164. The third kappa shape index (κ3) is 0.986. The van der Waals surface area contributed by atoms with Crippen molar-refractivity contribution in [1.29, 1.82) is 0 Å². The first-order chi connectivity index (χ1) is 6.09. The Kier molecular flexibility index (Phi) is 1.39. The summed E-state index contributed by atoms with van der Waals surface area (Å²) in [5.74, 6) is 0.557. The van der Waals surface area contributed by atoms with Crippen LogP contribution in [0, 0.1) is 6.92 Å². The maximum Gasteiger partial charge on any atom is 0.224 e. The molecule has 2 aromatic rings. The average molecular weight is 178 g/mol. The van der Waals surface area contributed by atoms with Gasteiger partial charge in [-0.15, -0.1) is 0 Å². The summed E-state index contributed by atoms with van der Waals surface area (Å²) in [6, 6.07) is 0. The Balaban J connectivity index is 2.97. The number of rotatable bonds is 0. The Labute approximate surface area is 74.6 Å². The van der Waals surface area contributed by atoms with E-state index < -0.39 is 0 Å². The van der Waals surface area contributed by atoms with Crippen molar-refractivity contribution in [3.05, 3.63) is 5.69 Å². The van der Waals surface area contributed by atoms with E-state index in [0.29, 0.717) is 11.5 Å². The van der Waals surface area contributed by atoms with Crippen molar-refractivity contribution >= 4 is 22.8 Å². The van der Waals surface area contributed by atoms with Gasteiger partial charge in [0.1, 0.15) is 5.82 Å². The lowest BCUT2D eigenvalue weighted by Crippen LogP contribution is -2.01. The number of hydrogen-bond donors (Lipinski definition) is 2. The Morgan fingerprint density at radius 1 is 1.23 bits per heavy atom. The summed E-state index contributed by atoms with van der Waals surface area (Å²) in [5, 5.41) is 4.95. The zero-order chi connectivity index (χ0) is 9.59. The molecule has 2 heterocycles. The molecular formula is C7H10N6. The van der Waals surface area contributed by atoms with Crippen molar-refractivity contribution < 1.29 is 0 Å². The Morgan fingerprint density at radius 3 is 2.62 bits per heavy atom. The van der Waals surface area contributed by atoms with Gasteiger partial charge in [0.05, 0.1) is 11.1 Å². The smallest absolute Gasteiger partial charge is 0.224 e. The molecule has 4 N–H and O–H groups in total. The minimum absolute atomic E-state index is 0.174. The maximum absolute atomic E-state index is 5.69. The minimum atomic E-state index is 0.174. The number of nitrogens with zero attached hydrogens (tertiary/aromatic N) is 4. The lowest BCUT2D eigenvalue weighted by molar-refractivity contribution is 0.773. The van der Waals surface area contributed by atoms with E-state index in [1.807, 2.05) is 6.92 Å². The van der Waals surface area contributed by atoms with Crippen LogP contribution in [-0.4, -0.2) is 19.7 Å². The molecular weight excluding hydrogens is 168 g/mol. The molecule has 0 fully saturated rings. The summed E-state index contributed by atoms with van der Waals surface area (Å²) >= 11 is 0. The summed E-state index contributed by atoms with van der Waals surface area (Å²) in [7, 11) is 1.79. The van der Waals surface area contributed by atoms with E-state index in [1.54, 1.807) is 11.7 Å². The van der Waals surface area contributed by atoms with Crippen LogP contribution in [0.25, 0.3) is 11.0 Å². The van der Waals surface area contributed by atoms with Gasteiger partial charge in [0.25, 0.3) is 0 Å². The fourth-order valence-corrected chi connectivity index (χ4v) is 1.39. The first-order valence-corrected chi connectivity index (χ1v) is 3.82. The lowest BCUT2D eigenvalue weighted by Gasteiger charge is -1.97. The molecule has 0 spiro atoms. The molecule has 0 atom stereocenters. The summed E-state index contributed by atoms with van der Waals surface area (Å²) in [6.45, 7) is 1.86. The van der Waals surface area contributed by atoms with E-state index in [9.17, 15) is 0 Å². The van der Waals surface area contributed by atoms with E-state index in [4.69, 9.17) is 11.5 Å². The van der Waals surface area contributed by atoms with Gasteiger partial charge in [-0.3, -0.25) is 0 Å². The predicted molar refractivity (Wildman–Crippen MR) is 49.9 cm³/mol. The van der Waals surface area contributed by atoms with Crippen LogP contribution < -0.4 is 11.5 Å². The molecule has 6 heteroatoms. The number of aryl methyl sites for hydroxylation is 2. The SMILES string of the molecule is Cc1nn(C)c2nc(N)nc(N)c12. The van der Waals surface area contributed by atoms with Crippen LogP contribution in [0.4, 0.5) is 11.8 Å². The zero-order valence-corrected chi connectivity index (χ0v) is 7.44. The van der Waals surface area contributed by atoms with Gasteiger partial charge in [-0.2, -0.15) is 15.1 Å². The Bertz CT molecular complexity index is 471. The van der Waals surface area contributed by atoms with Gasteiger partial charge < -0.3 is 11.5 Å². The van der Waals surface area contributed by atoms with Crippen LogP contribution in [-0.2, 0) is 7.05 Å². The molecule has 68 valence electrons. The molecule has 0 aliphatic rings. The van der Waals surface area contributed by atoms with E-state index in [1.165, 1.54) is 0 Å². The van der Waals surface area contributed by atoms with Gasteiger partial charge in [-0.05, 0) is 6.92 Å².